The van der Waals surface area contributed by atoms with Gasteiger partial charge in [0.1, 0.15) is 12.6 Å². The summed E-state index contributed by atoms with van der Waals surface area (Å²) in [6.45, 7) is 3.40. The monoisotopic (exact) mass is 307 g/mol. The predicted molar refractivity (Wildman–Crippen MR) is 63.9 cm³/mol. The summed E-state index contributed by atoms with van der Waals surface area (Å²) in [4.78, 5) is 33.7. The third kappa shape index (κ3) is 6.72. The highest BCUT2D eigenvalue weighted by molar-refractivity contribution is 9.09. The van der Waals surface area contributed by atoms with Gasteiger partial charge in [0.2, 0.25) is 0 Å². The molecule has 0 fully saturated rings. The zero-order valence-corrected chi connectivity index (χ0v) is 11.0. The van der Waals surface area contributed by atoms with Crippen molar-refractivity contribution >= 4 is 33.8 Å². The maximum absolute atomic E-state index is 11.4. The molecular weight excluding hydrogens is 294 g/mol. The molecule has 0 radical (unpaired) electrons. The Morgan fingerprint density at radius 3 is 2.59 bits per heavy atom. The van der Waals surface area contributed by atoms with Gasteiger partial charge in [-0.3, -0.25) is 9.59 Å². The molecule has 0 aromatic rings. The molecule has 1 N–H and O–H groups in total. The Kier molecular flexibility index (Phi) is 8.04. The quantitative estimate of drug-likeness (QED) is 0.427. The number of amides is 1. The fourth-order valence-corrected chi connectivity index (χ4v) is 1.30. The second-order valence-electron chi connectivity index (χ2n) is 2.96. The molecule has 0 bridgehead atoms. The van der Waals surface area contributed by atoms with Gasteiger partial charge in [0.05, 0.1) is 18.9 Å². The summed E-state index contributed by atoms with van der Waals surface area (Å²) < 4.78 is 9.07. The van der Waals surface area contributed by atoms with Crippen LogP contribution in [0.25, 0.3) is 0 Å². The first kappa shape index (κ1) is 15.6. The Hall–Kier alpha value is -1.37. The van der Waals surface area contributed by atoms with Crippen LogP contribution in [0, 0.1) is 0 Å². The summed E-state index contributed by atoms with van der Waals surface area (Å²) in [5.41, 5.74) is 0. The number of alkyl carbamates (subject to hydrolysis) is 1. The predicted octanol–water partition coefficient (Wildman–Crippen LogP) is 0.794. The summed E-state index contributed by atoms with van der Waals surface area (Å²) in [5.74, 6) is -0.931. The molecule has 7 heteroatoms. The number of hydrogen-bond donors (Lipinski definition) is 1. The minimum Gasteiger partial charge on any atom is -0.469 e. The van der Waals surface area contributed by atoms with E-state index < -0.39 is 18.1 Å². The van der Waals surface area contributed by atoms with Crippen LogP contribution >= 0.6 is 15.9 Å². The van der Waals surface area contributed by atoms with E-state index in [9.17, 15) is 14.4 Å². The lowest BCUT2D eigenvalue weighted by Crippen LogP contribution is -2.43. The molecule has 0 spiro atoms. The summed E-state index contributed by atoms with van der Waals surface area (Å²) in [5, 5.41) is 2.30. The minimum atomic E-state index is -0.959. The van der Waals surface area contributed by atoms with Crippen molar-refractivity contribution in [2.24, 2.45) is 0 Å². The first-order chi connectivity index (χ1) is 8.04. The summed E-state index contributed by atoms with van der Waals surface area (Å²) in [6.07, 6.45) is 0.374. The Morgan fingerprint density at radius 1 is 1.47 bits per heavy atom. The van der Waals surface area contributed by atoms with Crippen molar-refractivity contribution in [3.8, 4) is 0 Å². The lowest BCUT2D eigenvalue weighted by Gasteiger charge is -2.14. The molecule has 0 rings (SSSR count). The molecule has 0 aliphatic carbocycles. The third-order valence-corrected chi connectivity index (χ3v) is 2.30. The van der Waals surface area contributed by atoms with E-state index in [1.165, 1.54) is 13.2 Å². The molecule has 0 unspecified atom stereocenters. The molecule has 0 heterocycles. The summed E-state index contributed by atoms with van der Waals surface area (Å²) in [7, 11) is 1.20. The molecule has 0 saturated carbocycles. The van der Waals surface area contributed by atoms with Crippen LogP contribution in [0.5, 0.6) is 0 Å². The molecule has 0 aromatic carbocycles. The Balaban J connectivity index is 4.37. The molecule has 0 aliphatic heterocycles. The number of carbonyl (C=O) groups is 3. The number of Topliss-reactive ketones (excluding diaryl/α,β-unsaturated/α-hetero) is 1. The molecule has 0 aromatic heterocycles. The average molecular weight is 308 g/mol. The second kappa shape index (κ2) is 8.74. The van der Waals surface area contributed by atoms with E-state index in [-0.39, 0.29) is 24.1 Å². The van der Waals surface area contributed by atoms with Crippen molar-refractivity contribution in [2.75, 3.05) is 19.0 Å². The Bertz CT molecular complexity index is 305. The lowest BCUT2D eigenvalue weighted by molar-refractivity contribution is -0.142. The normalized spacial score (nSPS) is 11.2. The first-order valence-electron chi connectivity index (χ1n) is 4.74. The van der Waals surface area contributed by atoms with Gasteiger partial charge in [0.25, 0.3) is 0 Å². The highest BCUT2D eigenvalue weighted by Crippen LogP contribution is 2.00. The topological polar surface area (TPSA) is 81.7 Å². The number of methoxy groups -OCH3 is 1. The van der Waals surface area contributed by atoms with Crippen molar-refractivity contribution in [3.05, 3.63) is 12.7 Å². The van der Waals surface area contributed by atoms with Crippen molar-refractivity contribution in [1.29, 1.82) is 0 Å². The van der Waals surface area contributed by atoms with E-state index >= 15 is 0 Å². The highest BCUT2D eigenvalue weighted by Gasteiger charge is 2.23. The Morgan fingerprint density at radius 2 is 2.12 bits per heavy atom. The number of halogens is 1. The minimum absolute atomic E-state index is 0.0242. The summed E-state index contributed by atoms with van der Waals surface area (Å²) >= 11 is 2.96. The van der Waals surface area contributed by atoms with Gasteiger partial charge < -0.3 is 14.8 Å². The standard InChI is InChI=1S/C10H14BrNO5/c1-3-4-17-10(15)12-7(8(13)6-11)5-9(14)16-2/h3,7H,1,4-6H2,2H3,(H,12,15)/t7-/m0/s1. The molecule has 6 nitrogen and oxygen atoms in total. The van der Waals surface area contributed by atoms with Crippen molar-refractivity contribution in [3.63, 3.8) is 0 Å². The number of hydrogen-bond acceptors (Lipinski definition) is 5. The molecule has 1 amide bonds. The van der Waals surface area contributed by atoms with Crippen molar-refractivity contribution in [1.82, 2.24) is 5.32 Å². The maximum atomic E-state index is 11.4. The van der Waals surface area contributed by atoms with E-state index in [1.807, 2.05) is 0 Å². The Labute approximate surface area is 107 Å². The highest BCUT2D eigenvalue weighted by atomic mass is 79.9. The molecule has 0 saturated heterocycles. The summed E-state index contributed by atoms with van der Waals surface area (Å²) in [6, 6.07) is -0.959. The van der Waals surface area contributed by atoms with Crippen LogP contribution < -0.4 is 5.32 Å². The fourth-order valence-electron chi connectivity index (χ4n) is 0.907. The lowest BCUT2D eigenvalue weighted by atomic mass is 10.1. The van der Waals surface area contributed by atoms with Crippen LogP contribution in [0.1, 0.15) is 6.42 Å². The van der Waals surface area contributed by atoms with Gasteiger partial charge in [0, 0.05) is 0 Å². The van der Waals surface area contributed by atoms with Crippen LogP contribution in [-0.4, -0.2) is 42.9 Å². The van der Waals surface area contributed by atoms with Gasteiger partial charge >= 0.3 is 12.1 Å². The number of alkyl halides is 1. The van der Waals surface area contributed by atoms with E-state index in [0.29, 0.717) is 0 Å². The maximum Gasteiger partial charge on any atom is 0.408 e. The van der Waals surface area contributed by atoms with Gasteiger partial charge in [-0.15, -0.1) is 0 Å². The zero-order valence-electron chi connectivity index (χ0n) is 9.40. The number of ether oxygens (including phenoxy) is 2. The SMILES string of the molecule is C=CCOC(=O)N[C@@H](CC(=O)OC)C(=O)CBr. The van der Waals surface area contributed by atoms with Crippen LogP contribution in [0.3, 0.4) is 0 Å². The number of ketones is 1. The van der Waals surface area contributed by atoms with E-state index in [1.54, 1.807) is 0 Å². The van der Waals surface area contributed by atoms with E-state index in [0.717, 1.165) is 0 Å². The third-order valence-electron chi connectivity index (χ3n) is 1.74. The number of carbonyl (C=O) groups excluding carboxylic acids is 3. The van der Waals surface area contributed by atoms with Gasteiger partial charge in [-0.2, -0.15) is 0 Å². The van der Waals surface area contributed by atoms with Crippen LogP contribution in [0.4, 0.5) is 4.79 Å². The second-order valence-corrected chi connectivity index (χ2v) is 3.52. The first-order valence-corrected chi connectivity index (χ1v) is 5.87. The smallest absolute Gasteiger partial charge is 0.408 e. The van der Waals surface area contributed by atoms with Gasteiger partial charge in [-0.05, 0) is 0 Å². The molecule has 96 valence electrons. The van der Waals surface area contributed by atoms with Gasteiger partial charge in [-0.1, -0.05) is 28.6 Å². The molecular formula is C10H14BrNO5. The largest absolute Gasteiger partial charge is 0.469 e. The average Bonchev–Trinajstić information content (AvgIpc) is 2.34. The van der Waals surface area contributed by atoms with Crippen molar-refractivity contribution < 1.29 is 23.9 Å². The number of esters is 1. The molecule has 17 heavy (non-hydrogen) atoms. The van der Waals surface area contributed by atoms with Gasteiger partial charge in [-0.25, -0.2) is 4.79 Å². The van der Waals surface area contributed by atoms with Gasteiger partial charge in [0.15, 0.2) is 5.78 Å². The molecule has 1 atom stereocenters. The number of nitrogens with one attached hydrogen (secondary N) is 1. The molecule has 0 aliphatic rings. The van der Waals surface area contributed by atoms with Crippen LogP contribution in [-0.2, 0) is 19.1 Å². The number of rotatable bonds is 7. The fraction of sp³-hybridized carbons (Fsp3) is 0.500. The van der Waals surface area contributed by atoms with E-state index in [4.69, 9.17) is 0 Å². The van der Waals surface area contributed by atoms with Crippen LogP contribution in [0.2, 0.25) is 0 Å². The van der Waals surface area contributed by atoms with Crippen LogP contribution in [0.15, 0.2) is 12.7 Å². The van der Waals surface area contributed by atoms with Crippen molar-refractivity contribution in [2.45, 2.75) is 12.5 Å². The van der Waals surface area contributed by atoms with E-state index in [2.05, 4.69) is 37.3 Å². The zero-order chi connectivity index (χ0) is 13.3.